The van der Waals surface area contributed by atoms with Crippen LogP contribution in [-0.4, -0.2) is 92.3 Å². The molecule has 0 atom stereocenters. The molecule has 10 heterocycles. The highest BCUT2D eigenvalue weighted by molar-refractivity contribution is 6.31. The Morgan fingerprint density at radius 3 is 1.56 bits per heavy atom. The van der Waals surface area contributed by atoms with Crippen molar-refractivity contribution < 1.29 is 29.0 Å². The van der Waals surface area contributed by atoms with Crippen LogP contribution in [-0.2, 0) is 51.1 Å². The number of fused-ring (bicyclic) bond motifs is 4. The van der Waals surface area contributed by atoms with Gasteiger partial charge in [0.05, 0.1) is 101 Å². The van der Waals surface area contributed by atoms with Gasteiger partial charge >= 0.3 is 11.9 Å². The van der Waals surface area contributed by atoms with Crippen molar-refractivity contribution in [2.24, 2.45) is 0 Å². The maximum absolute atomic E-state index is 12.9. The van der Waals surface area contributed by atoms with E-state index in [1.165, 1.54) is 0 Å². The largest absolute Gasteiger partial charge is 0.481 e. The molecule has 18 nitrogen and oxygen atoms in total. The number of aliphatic carboxylic acids is 1. The minimum Gasteiger partial charge on any atom is -0.481 e. The lowest BCUT2D eigenvalue weighted by Gasteiger charge is -2.14. The highest BCUT2D eigenvalue weighted by Gasteiger charge is 2.54. The normalized spacial score (nSPS) is 14.4. The predicted molar refractivity (Wildman–Crippen MR) is 265 cm³/mol. The number of carbonyl (C=O) groups excluding carboxylic acids is 3. The molecule has 0 aliphatic heterocycles. The number of imidazole rings is 4. The topological polar surface area (TPSA) is 203 Å². The molecule has 0 spiro atoms. The molecule has 72 heavy (non-hydrogen) atoms. The molecule has 0 amide bonds. The maximum Gasteiger partial charge on any atom is 0.316 e. The average Bonchev–Trinajstić information content (AvgIpc) is 3.78. The third kappa shape index (κ3) is 8.91. The van der Waals surface area contributed by atoms with Crippen LogP contribution in [0, 0.1) is 0 Å². The molecule has 2 saturated carbocycles. The van der Waals surface area contributed by atoms with Gasteiger partial charge in [0.1, 0.15) is 11.3 Å². The third-order valence-electron chi connectivity index (χ3n) is 13.6. The van der Waals surface area contributed by atoms with E-state index in [-0.39, 0.29) is 17.5 Å². The van der Waals surface area contributed by atoms with Gasteiger partial charge in [-0.1, -0.05) is 35.3 Å². The van der Waals surface area contributed by atoms with Gasteiger partial charge in [0.25, 0.3) is 0 Å². The minimum absolute atomic E-state index is 0.00294. The highest BCUT2D eigenvalue weighted by Crippen LogP contribution is 2.51. The first-order valence-corrected chi connectivity index (χ1v) is 24.3. The van der Waals surface area contributed by atoms with Crippen LogP contribution in [0.5, 0.6) is 0 Å². The molecule has 12 rings (SSSR count). The summed E-state index contributed by atoms with van der Waals surface area (Å²) in [5, 5.41) is 19.7. The van der Waals surface area contributed by atoms with Crippen molar-refractivity contribution in [3.05, 3.63) is 178 Å². The quantitative estimate of drug-likeness (QED) is 0.0679. The molecule has 2 fully saturated rings. The number of pyridine rings is 4. The summed E-state index contributed by atoms with van der Waals surface area (Å²) in [6.07, 6.45) is 25.7. The molecule has 10 aromatic rings. The van der Waals surface area contributed by atoms with E-state index >= 15 is 0 Å². The van der Waals surface area contributed by atoms with E-state index in [9.17, 15) is 24.3 Å². The van der Waals surface area contributed by atoms with E-state index in [1.54, 1.807) is 58.9 Å². The van der Waals surface area contributed by atoms with Crippen LogP contribution in [0.2, 0.25) is 10.0 Å². The zero-order chi connectivity index (χ0) is 49.7. The number of rotatable bonds is 17. The lowest BCUT2D eigenvalue weighted by Crippen LogP contribution is -2.24. The first kappa shape index (κ1) is 46.4. The Balaban J connectivity index is 0.000000156. The average molecular weight is 1010 g/mol. The number of Topliss-reactive ketones (excluding diaryl/α,β-unsaturated/α-hetero) is 2. The Bertz CT molecular complexity index is 3740. The Morgan fingerprint density at radius 1 is 0.639 bits per heavy atom. The number of ether oxygens (including phenoxy) is 1. The van der Waals surface area contributed by atoms with E-state index in [2.05, 4.69) is 25.1 Å². The lowest BCUT2D eigenvalue weighted by molar-refractivity contribution is -0.146. The van der Waals surface area contributed by atoms with Gasteiger partial charge in [-0.25, -0.2) is 19.9 Å². The fourth-order valence-corrected chi connectivity index (χ4v) is 9.74. The van der Waals surface area contributed by atoms with E-state index in [4.69, 9.17) is 32.9 Å². The van der Waals surface area contributed by atoms with Crippen LogP contribution in [0.25, 0.3) is 22.3 Å². The highest BCUT2D eigenvalue weighted by atomic mass is 35.5. The second-order valence-corrected chi connectivity index (χ2v) is 19.2. The van der Waals surface area contributed by atoms with Crippen LogP contribution in [0.1, 0.15) is 100 Å². The van der Waals surface area contributed by atoms with Crippen LogP contribution >= 0.6 is 23.2 Å². The molecule has 0 bridgehead atoms. The number of ketones is 2. The molecule has 0 unspecified atom stereocenters. The zero-order valence-electron chi connectivity index (χ0n) is 38.9. The van der Waals surface area contributed by atoms with Crippen LogP contribution in [0.15, 0.2) is 123 Å². The minimum atomic E-state index is -0.831. The molecule has 2 aliphatic carbocycles. The number of nitrogens with zero attached hydrogens (tertiary/aromatic N) is 12. The van der Waals surface area contributed by atoms with Gasteiger partial charge in [0, 0.05) is 83.6 Å². The zero-order valence-corrected chi connectivity index (χ0v) is 40.4. The first-order chi connectivity index (χ1) is 34.9. The summed E-state index contributed by atoms with van der Waals surface area (Å²) in [6, 6.07) is 14.9. The summed E-state index contributed by atoms with van der Waals surface area (Å²) in [4.78, 5) is 68.4. The number of carboxylic acid groups (broad SMARTS) is 1. The first-order valence-electron chi connectivity index (χ1n) is 23.6. The van der Waals surface area contributed by atoms with Crippen LogP contribution in [0.4, 0.5) is 0 Å². The van der Waals surface area contributed by atoms with E-state index in [0.29, 0.717) is 85.0 Å². The molecule has 10 aromatic heterocycles. The van der Waals surface area contributed by atoms with Crippen LogP contribution in [0.3, 0.4) is 0 Å². The number of aryl methyl sites for hydroxylation is 2. The molecular formula is C52H46Cl2N12O6. The van der Waals surface area contributed by atoms with Gasteiger partial charge in [-0.15, -0.1) is 0 Å². The Kier molecular flexibility index (Phi) is 12.0. The number of halogens is 2. The van der Waals surface area contributed by atoms with Crippen molar-refractivity contribution in [1.82, 2.24) is 57.1 Å². The smallest absolute Gasteiger partial charge is 0.316 e. The summed E-state index contributed by atoms with van der Waals surface area (Å²) in [5.41, 5.74) is 7.65. The van der Waals surface area contributed by atoms with Gasteiger partial charge in [-0.2, -0.15) is 10.2 Å². The molecule has 2 aliphatic rings. The number of aromatic nitrogens is 12. The van der Waals surface area contributed by atoms with E-state index in [1.807, 2.05) is 98.1 Å². The Labute approximate surface area is 420 Å². The van der Waals surface area contributed by atoms with Gasteiger partial charge in [-0.3, -0.25) is 28.5 Å². The van der Waals surface area contributed by atoms with E-state index in [0.717, 1.165) is 63.4 Å². The Morgan fingerprint density at radius 2 is 1.11 bits per heavy atom. The second-order valence-electron chi connectivity index (χ2n) is 18.3. The van der Waals surface area contributed by atoms with Crippen molar-refractivity contribution >= 4 is 69.0 Å². The van der Waals surface area contributed by atoms with Crippen molar-refractivity contribution in [3.63, 3.8) is 0 Å². The van der Waals surface area contributed by atoms with Crippen LogP contribution < -0.4 is 0 Å². The monoisotopic (exact) mass is 1000 g/mol. The van der Waals surface area contributed by atoms with Crippen molar-refractivity contribution in [3.8, 4) is 0 Å². The standard InChI is InChI=1S/C27H25ClN6O3.C25H21ClN6O3/c1-2-37-26(36)27(8-9-27)21-4-3-10-32-15-20(31-25(21)32)16-34-14-18(13-30-34)24(35)6-5-22-23-12-19(28)7-11-33(23)17-29-22;26-17-5-9-31-15-27-20(21(31)10-17)3-4-22(33)16-11-28-32(12-16)14-18-13-30-8-1-2-19(23(30)29-18)25(6-7-25)24(34)35/h3-4,7,10-15,17H,2,5-6,8-9,16H2,1H3;1-2,5,8-13,15H,3-4,6-7,14H2,(H,34,35). The summed E-state index contributed by atoms with van der Waals surface area (Å²) in [7, 11) is 0. The number of hydrogen-bond acceptors (Lipinski definition) is 11. The van der Waals surface area contributed by atoms with Gasteiger partial charge in [0.2, 0.25) is 0 Å². The fourth-order valence-electron chi connectivity index (χ4n) is 9.42. The van der Waals surface area contributed by atoms with Gasteiger partial charge in [0.15, 0.2) is 11.6 Å². The lowest BCUT2D eigenvalue weighted by atomic mass is 9.97. The number of esters is 1. The number of carboxylic acids is 1. The number of hydrogen-bond donors (Lipinski definition) is 1. The fraction of sp³-hybridized carbons (Fsp3) is 0.269. The molecule has 0 aromatic carbocycles. The van der Waals surface area contributed by atoms with Crippen molar-refractivity contribution in [2.45, 2.75) is 82.2 Å². The summed E-state index contributed by atoms with van der Waals surface area (Å²) in [5.74, 6) is -1.02. The van der Waals surface area contributed by atoms with Gasteiger partial charge < -0.3 is 27.4 Å². The Hall–Kier alpha value is -7.96. The molecule has 1 N–H and O–H groups in total. The maximum atomic E-state index is 12.9. The van der Waals surface area contributed by atoms with Crippen molar-refractivity contribution in [2.75, 3.05) is 6.61 Å². The van der Waals surface area contributed by atoms with Gasteiger partial charge in [-0.05, 0) is 81.8 Å². The molecule has 0 saturated heterocycles. The van der Waals surface area contributed by atoms with Crippen molar-refractivity contribution in [1.29, 1.82) is 0 Å². The molecule has 364 valence electrons. The van der Waals surface area contributed by atoms with E-state index < -0.39 is 16.8 Å². The summed E-state index contributed by atoms with van der Waals surface area (Å²) >= 11 is 12.2. The summed E-state index contributed by atoms with van der Waals surface area (Å²) in [6.45, 7) is 2.96. The third-order valence-corrected chi connectivity index (χ3v) is 14.0. The predicted octanol–water partition coefficient (Wildman–Crippen LogP) is 8.10. The molecule has 0 radical (unpaired) electrons. The number of carbonyl (C=O) groups is 4. The summed E-state index contributed by atoms with van der Waals surface area (Å²) < 4.78 is 16.3. The SMILES string of the molecule is CCOC(=O)C1(c2cccn3cc(Cn4cc(C(=O)CCc5ncn6ccc(Cl)cc56)cn4)nc23)CC1.O=C(CCc1ncn2ccc(Cl)cc12)c1cnn(Cc2cn3cccc(C4(C(=O)O)CC4)c3n2)c1. The second kappa shape index (κ2) is 18.7. The molecule has 20 heteroatoms. The molecular weight excluding hydrogens is 960 g/mol.